The molecular formula is C61H69BN2. The average Bonchev–Trinajstić information content (AvgIpc) is 3.53. The van der Waals surface area contributed by atoms with Crippen LogP contribution in [0.25, 0.3) is 11.1 Å². The van der Waals surface area contributed by atoms with Gasteiger partial charge in [-0.05, 0) is 193 Å². The second-order valence-corrected chi connectivity index (χ2v) is 24.9. The van der Waals surface area contributed by atoms with E-state index in [1.807, 2.05) is 0 Å². The predicted molar refractivity (Wildman–Crippen MR) is 277 cm³/mol. The number of fused-ring (bicyclic) bond motifs is 7. The Hall–Kier alpha value is -5.02. The molecule has 6 aromatic carbocycles. The van der Waals surface area contributed by atoms with Gasteiger partial charge in [-0.2, -0.15) is 0 Å². The van der Waals surface area contributed by atoms with Crippen LogP contribution < -0.4 is 26.2 Å². The van der Waals surface area contributed by atoms with Crippen LogP contribution in [0.3, 0.4) is 0 Å². The molecule has 0 aromatic heterocycles. The molecule has 3 heteroatoms. The molecule has 0 bridgehead atoms. The summed E-state index contributed by atoms with van der Waals surface area (Å²) in [5.41, 5.74) is 28.3. The van der Waals surface area contributed by atoms with Crippen LogP contribution in [-0.2, 0) is 32.5 Å². The standard InChI is InChI=1S/C61H69BN2/c1-36-27-52-55-53(28-36)64(50-32-44-42(29-37(50)2)56(4,5)25-26-57(44,6)7)49-23-21-40(39-19-17-16-18-20-39)30-46(49)62(55)47-31-43-45(60(12,13)34-59(43,10)11)33-51(47)63(52)48-24-22-41-54(38(48)3)61(14,15)35-58(41,8)9/h16-24,27-33H,25-26,34-35H2,1-15H3. The highest BCUT2D eigenvalue weighted by Gasteiger charge is 2.50. The van der Waals surface area contributed by atoms with Gasteiger partial charge in [0.1, 0.15) is 0 Å². The summed E-state index contributed by atoms with van der Waals surface area (Å²) >= 11 is 0. The highest BCUT2D eigenvalue weighted by Crippen LogP contribution is 2.57. The van der Waals surface area contributed by atoms with E-state index in [1.165, 1.54) is 125 Å². The lowest BCUT2D eigenvalue weighted by Gasteiger charge is -2.47. The van der Waals surface area contributed by atoms with E-state index in [2.05, 4.69) is 211 Å². The van der Waals surface area contributed by atoms with E-state index in [0.29, 0.717) is 0 Å². The van der Waals surface area contributed by atoms with Crippen molar-refractivity contribution in [1.29, 1.82) is 0 Å². The van der Waals surface area contributed by atoms with Gasteiger partial charge in [-0.3, -0.25) is 0 Å². The van der Waals surface area contributed by atoms with E-state index in [4.69, 9.17) is 0 Å². The molecular weight excluding hydrogens is 771 g/mol. The van der Waals surface area contributed by atoms with Crippen molar-refractivity contribution < 1.29 is 0 Å². The molecule has 2 aliphatic heterocycles. The summed E-state index contributed by atoms with van der Waals surface area (Å²) in [4.78, 5) is 5.41. The van der Waals surface area contributed by atoms with Crippen molar-refractivity contribution in [1.82, 2.24) is 0 Å². The van der Waals surface area contributed by atoms with Gasteiger partial charge in [-0.1, -0.05) is 144 Å². The van der Waals surface area contributed by atoms with Crippen molar-refractivity contribution in [3.63, 3.8) is 0 Å². The Balaban J connectivity index is 1.26. The van der Waals surface area contributed by atoms with E-state index < -0.39 is 0 Å². The zero-order valence-electron chi connectivity index (χ0n) is 41.5. The van der Waals surface area contributed by atoms with Crippen molar-refractivity contribution in [3.8, 4) is 11.1 Å². The number of anilines is 6. The summed E-state index contributed by atoms with van der Waals surface area (Å²) in [5, 5.41) is 0. The second-order valence-electron chi connectivity index (χ2n) is 24.9. The van der Waals surface area contributed by atoms with Crippen molar-refractivity contribution in [2.45, 2.75) is 162 Å². The smallest absolute Gasteiger partial charge is 0.252 e. The van der Waals surface area contributed by atoms with Crippen LogP contribution in [0.5, 0.6) is 0 Å². The molecule has 6 aromatic rings. The lowest BCUT2D eigenvalue weighted by Crippen LogP contribution is -2.61. The van der Waals surface area contributed by atoms with Crippen molar-refractivity contribution in [2.75, 3.05) is 9.80 Å². The largest absolute Gasteiger partial charge is 0.311 e. The maximum absolute atomic E-state index is 2.73. The Morgan fingerprint density at radius 3 is 1.58 bits per heavy atom. The van der Waals surface area contributed by atoms with E-state index >= 15 is 0 Å². The first-order valence-electron chi connectivity index (χ1n) is 24.4. The SMILES string of the molecule is Cc1cc2c3c(c1)N(c1ccc4c(c1C)C(C)(C)CC4(C)C)c1cc4c(cc1B3c1cc(-c3ccccc3)ccc1N2c1cc2c(cc1C)C(C)(C)CCC2(C)C)C(C)(C)CC4(C)C. The highest BCUT2D eigenvalue weighted by molar-refractivity contribution is 7.00. The first-order valence-corrected chi connectivity index (χ1v) is 24.4. The number of rotatable bonds is 3. The molecule has 3 aliphatic carbocycles. The van der Waals surface area contributed by atoms with Crippen molar-refractivity contribution >= 4 is 57.2 Å². The van der Waals surface area contributed by atoms with Crippen LogP contribution in [0.4, 0.5) is 34.1 Å². The minimum absolute atomic E-state index is 0.0509. The number of benzene rings is 6. The third-order valence-corrected chi connectivity index (χ3v) is 17.2. The summed E-state index contributed by atoms with van der Waals surface area (Å²) in [7, 11) is 0. The minimum Gasteiger partial charge on any atom is -0.311 e. The monoisotopic (exact) mass is 841 g/mol. The van der Waals surface area contributed by atoms with Gasteiger partial charge in [-0.15, -0.1) is 0 Å². The van der Waals surface area contributed by atoms with Crippen LogP contribution in [0.15, 0.2) is 97.1 Å². The van der Waals surface area contributed by atoms with Crippen LogP contribution in [0.1, 0.15) is 159 Å². The molecule has 2 nitrogen and oxygen atoms in total. The molecule has 0 amide bonds. The van der Waals surface area contributed by atoms with Crippen LogP contribution in [0.2, 0.25) is 0 Å². The van der Waals surface area contributed by atoms with Gasteiger partial charge in [0.15, 0.2) is 0 Å². The van der Waals surface area contributed by atoms with Crippen molar-refractivity contribution in [2.24, 2.45) is 0 Å². The maximum Gasteiger partial charge on any atom is 0.252 e. The Bertz CT molecular complexity index is 2990. The summed E-state index contributed by atoms with van der Waals surface area (Å²) in [6, 6.07) is 38.9. The van der Waals surface area contributed by atoms with Gasteiger partial charge >= 0.3 is 0 Å². The van der Waals surface area contributed by atoms with Gasteiger partial charge in [0.2, 0.25) is 0 Å². The Morgan fingerprint density at radius 2 is 0.922 bits per heavy atom. The molecule has 11 rings (SSSR count). The molecule has 2 heterocycles. The third-order valence-electron chi connectivity index (χ3n) is 17.2. The van der Waals surface area contributed by atoms with Gasteiger partial charge in [-0.25, -0.2) is 0 Å². The normalized spacial score (nSPS) is 20.5. The van der Waals surface area contributed by atoms with Gasteiger partial charge < -0.3 is 9.80 Å². The predicted octanol–water partition coefficient (Wildman–Crippen LogP) is 14.6. The Labute approximate surface area is 385 Å². The van der Waals surface area contributed by atoms with E-state index in [1.54, 1.807) is 0 Å². The Kier molecular flexibility index (Phi) is 8.52. The summed E-state index contributed by atoms with van der Waals surface area (Å²) < 4.78 is 0. The molecule has 5 aliphatic rings. The summed E-state index contributed by atoms with van der Waals surface area (Å²) in [6.45, 7) is 36.8. The van der Waals surface area contributed by atoms with Crippen molar-refractivity contribution in [3.05, 3.63) is 147 Å². The van der Waals surface area contributed by atoms with E-state index in [-0.39, 0.29) is 39.2 Å². The lowest BCUT2D eigenvalue weighted by molar-refractivity contribution is 0.332. The van der Waals surface area contributed by atoms with Crippen LogP contribution in [-0.4, -0.2) is 6.71 Å². The molecule has 0 fully saturated rings. The minimum atomic E-state index is 0.0509. The fourth-order valence-electron chi connectivity index (χ4n) is 14.5. The summed E-state index contributed by atoms with van der Waals surface area (Å²) in [5.74, 6) is 0. The number of hydrogen-bond acceptors (Lipinski definition) is 2. The quantitative estimate of drug-likeness (QED) is 0.164. The summed E-state index contributed by atoms with van der Waals surface area (Å²) in [6.07, 6.45) is 4.68. The molecule has 0 atom stereocenters. The molecule has 326 valence electrons. The third kappa shape index (κ3) is 5.77. The molecule has 0 radical (unpaired) electrons. The number of aryl methyl sites for hydroxylation is 2. The van der Waals surface area contributed by atoms with Crippen LogP contribution >= 0.6 is 0 Å². The number of nitrogens with zero attached hydrogens (tertiary/aromatic N) is 2. The first-order chi connectivity index (χ1) is 29.9. The fourth-order valence-corrected chi connectivity index (χ4v) is 14.5. The average molecular weight is 841 g/mol. The second kappa shape index (κ2) is 13.1. The van der Waals surface area contributed by atoms with Gasteiger partial charge in [0.05, 0.1) is 0 Å². The molecule has 0 N–H and O–H groups in total. The van der Waals surface area contributed by atoms with Gasteiger partial charge in [0, 0.05) is 34.1 Å². The molecule has 64 heavy (non-hydrogen) atoms. The zero-order valence-corrected chi connectivity index (χ0v) is 41.5. The molecule has 0 unspecified atom stereocenters. The molecule has 0 saturated heterocycles. The van der Waals surface area contributed by atoms with E-state index in [0.717, 1.165) is 12.8 Å². The Morgan fingerprint density at radius 1 is 0.406 bits per heavy atom. The molecule has 0 saturated carbocycles. The fraction of sp³-hybridized carbons (Fsp3) is 0.410. The lowest BCUT2D eigenvalue weighted by atomic mass is 9.33. The van der Waals surface area contributed by atoms with Gasteiger partial charge in [0.25, 0.3) is 6.71 Å². The molecule has 0 spiro atoms. The van der Waals surface area contributed by atoms with E-state index in [9.17, 15) is 0 Å². The van der Waals surface area contributed by atoms with Crippen LogP contribution in [0, 0.1) is 20.8 Å². The number of hydrogen-bond donors (Lipinski definition) is 0. The maximum atomic E-state index is 2.73. The topological polar surface area (TPSA) is 6.48 Å². The first kappa shape index (κ1) is 41.7. The zero-order chi connectivity index (χ0) is 45.4. The highest BCUT2D eigenvalue weighted by atomic mass is 15.2.